The first-order valence-corrected chi connectivity index (χ1v) is 2.51. The summed E-state index contributed by atoms with van der Waals surface area (Å²) >= 11 is 5.25. The molecule has 9 heavy (non-hydrogen) atoms. The number of rotatable bonds is 0. The number of nitrogens with zero attached hydrogens (tertiary/aromatic N) is 2. The molecule has 0 bridgehead atoms. The highest BCUT2D eigenvalue weighted by Crippen LogP contribution is 2.06. The quantitative estimate of drug-likeness (QED) is 0.592. The van der Waals surface area contributed by atoms with Crippen LogP contribution in [0.3, 0.4) is 0 Å². The molecule has 0 spiro atoms. The number of halogens is 2. The van der Waals surface area contributed by atoms with Crippen LogP contribution in [0.2, 0.25) is 5.15 Å². The van der Waals surface area contributed by atoms with Gasteiger partial charge in [-0.2, -0.15) is 4.39 Å². The lowest BCUT2D eigenvalue weighted by Gasteiger charge is -1.91. The minimum Gasteiger partial charge on any atom is -0.380 e. The summed E-state index contributed by atoms with van der Waals surface area (Å²) in [6.45, 7) is 0. The van der Waals surface area contributed by atoms with E-state index in [4.69, 9.17) is 17.3 Å². The van der Waals surface area contributed by atoms with Gasteiger partial charge in [-0.3, -0.25) is 0 Å². The lowest BCUT2D eigenvalue weighted by atomic mass is 10.7. The van der Waals surface area contributed by atoms with Crippen LogP contribution in [0.5, 0.6) is 0 Å². The molecule has 0 unspecified atom stereocenters. The molecule has 0 atom stereocenters. The molecule has 0 fully saturated rings. The summed E-state index contributed by atoms with van der Waals surface area (Å²) in [5.41, 5.74) is 4.98. The van der Waals surface area contributed by atoms with Crippen LogP contribution in [0.1, 0.15) is 0 Å². The third kappa shape index (κ3) is 1.26. The fourth-order valence-corrected chi connectivity index (χ4v) is 0.479. The van der Waals surface area contributed by atoms with E-state index in [1.165, 1.54) is 6.20 Å². The number of anilines is 1. The molecule has 0 amide bonds. The largest absolute Gasteiger partial charge is 0.380 e. The maximum atomic E-state index is 12.2. The van der Waals surface area contributed by atoms with Gasteiger partial charge in [-0.25, -0.2) is 9.97 Å². The zero-order valence-corrected chi connectivity index (χ0v) is 5.06. The summed E-state index contributed by atoms with van der Waals surface area (Å²) < 4.78 is 12.2. The average Bonchev–Trinajstić information content (AvgIpc) is 1.80. The Labute approximate surface area is 55.7 Å². The Balaban J connectivity index is 3.17. The molecule has 48 valence electrons. The Bertz CT molecular complexity index is 227. The topological polar surface area (TPSA) is 51.8 Å². The molecule has 0 radical (unpaired) electrons. The minimum absolute atomic E-state index is 0.00157. The van der Waals surface area contributed by atoms with Gasteiger partial charge in [0.05, 0.1) is 6.20 Å². The highest BCUT2D eigenvalue weighted by molar-refractivity contribution is 6.29. The monoisotopic (exact) mass is 147 g/mol. The standard InChI is InChI=1S/C4H3ClFN3/c5-2-1-8-4(7)3(6)9-2/h1H,(H2,7,8). The number of hydrogen-bond acceptors (Lipinski definition) is 3. The molecule has 5 heteroatoms. The van der Waals surface area contributed by atoms with Gasteiger partial charge in [0.25, 0.3) is 5.95 Å². The molecule has 3 nitrogen and oxygen atoms in total. The van der Waals surface area contributed by atoms with Gasteiger partial charge in [0.15, 0.2) is 11.0 Å². The highest BCUT2D eigenvalue weighted by atomic mass is 35.5. The van der Waals surface area contributed by atoms with Crippen LogP contribution < -0.4 is 5.73 Å². The summed E-state index contributed by atoms with van der Waals surface area (Å²) in [5, 5.41) is 0.00157. The van der Waals surface area contributed by atoms with Crippen molar-refractivity contribution in [2.45, 2.75) is 0 Å². The van der Waals surface area contributed by atoms with E-state index in [2.05, 4.69) is 9.97 Å². The Morgan fingerprint density at radius 3 is 2.78 bits per heavy atom. The van der Waals surface area contributed by atoms with Gasteiger partial charge in [0, 0.05) is 0 Å². The first-order valence-electron chi connectivity index (χ1n) is 2.13. The summed E-state index contributed by atoms with van der Waals surface area (Å²) in [6, 6.07) is 0. The number of hydrogen-bond donors (Lipinski definition) is 1. The lowest BCUT2D eigenvalue weighted by molar-refractivity contribution is 0.583. The van der Waals surface area contributed by atoms with Gasteiger partial charge in [0.2, 0.25) is 0 Å². The van der Waals surface area contributed by atoms with Crippen LogP contribution in [0, 0.1) is 5.95 Å². The molecule has 0 saturated carbocycles. The fourth-order valence-electron chi connectivity index (χ4n) is 0.356. The summed E-state index contributed by atoms with van der Waals surface area (Å²) in [4.78, 5) is 6.57. The van der Waals surface area contributed by atoms with Gasteiger partial charge in [-0.1, -0.05) is 11.6 Å². The first kappa shape index (κ1) is 6.22. The van der Waals surface area contributed by atoms with Crippen molar-refractivity contribution in [2.24, 2.45) is 0 Å². The predicted molar refractivity (Wildman–Crippen MR) is 31.4 cm³/mol. The number of nitrogen functional groups attached to an aromatic ring is 1. The normalized spacial score (nSPS) is 9.56. The Hall–Kier alpha value is -0.900. The maximum absolute atomic E-state index is 12.2. The van der Waals surface area contributed by atoms with E-state index in [1.807, 2.05) is 0 Å². The molecular formula is C4H3ClFN3. The van der Waals surface area contributed by atoms with Gasteiger partial charge < -0.3 is 5.73 Å². The van der Waals surface area contributed by atoms with Crippen molar-refractivity contribution in [3.8, 4) is 0 Å². The number of nitrogens with two attached hydrogens (primary N) is 1. The molecule has 1 aromatic rings. The summed E-state index contributed by atoms with van der Waals surface area (Å²) in [5.74, 6) is -1.07. The first-order chi connectivity index (χ1) is 4.20. The van der Waals surface area contributed by atoms with Gasteiger partial charge in [-0.05, 0) is 0 Å². The number of aromatic nitrogens is 2. The molecule has 0 aliphatic heterocycles. The van der Waals surface area contributed by atoms with E-state index >= 15 is 0 Å². The van der Waals surface area contributed by atoms with Crippen molar-refractivity contribution in [1.82, 2.24) is 9.97 Å². The maximum Gasteiger partial charge on any atom is 0.256 e. The molecule has 0 aliphatic rings. The van der Waals surface area contributed by atoms with Crippen LogP contribution in [-0.4, -0.2) is 9.97 Å². The van der Waals surface area contributed by atoms with Gasteiger partial charge >= 0.3 is 0 Å². The zero-order chi connectivity index (χ0) is 6.85. The van der Waals surface area contributed by atoms with Crippen LogP contribution in [0.25, 0.3) is 0 Å². The van der Waals surface area contributed by atoms with Crippen LogP contribution in [0.15, 0.2) is 6.20 Å². The van der Waals surface area contributed by atoms with Gasteiger partial charge in [-0.15, -0.1) is 0 Å². The van der Waals surface area contributed by atoms with E-state index in [-0.39, 0.29) is 11.0 Å². The third-order valence-corrected chi connectivity index (χ3v) is 0.909. The molecule has 0 saturated heterocycles. The Morgan fingerprint density at radius 2 is 2.33 bits per heavy atom. The van der Waals surface area contributed by atoms with E-state index in [0.717, 1.165) is 0 Å². The molecule has 0 aliphatic carbocycles. The summed E-state index contributed by atoms with van der Waals surface area (Å²) in [7, 11) is 0. The molecule has 1 rings (SSSR count). The minimum atomic E-state index is -0.831. The van der Waals surface area contributed by atoms with E-state index in [9.17, 15) is 4.39 Å². The van der Waals surface area contributed by atoms with Crippen molar-refractivity contribution < 1.29 is 4.39 Å². The smallest absolute Gasteiger partial charge is 0.256 e. The molecular weight excluding hydrogens is 145 g/mol. The van der Waals surface area contributed by atoms with Crippen LogP contribution >= 0.6 is 11.6 Å². The third-order valence-electron chi connectivity index (χ3n) is 0.726. The van der Waals surface area contributed by atoms with Crippen molar-refractivity contribution in [2.75, 3.05) is 5.73 Å². The van der Waals surface area contributed by atoms with E-state index in [0.29, 0.717) is 0 Å². The average molecular weight is 148 g/mol. The lowest BCUT2D eigenvalue weighted by Crippen LogP contribution is -1.96. The molecule has 1 aromatic heterocycles. The van der Waals surface area contributed by atoms with Crippen LogP contribution in [0.4, 0.5) is 10.2 Å². The SMILES string of the molecule is Nc1ncc(Cl)nc1F. The zero-order valence-electron chi connectivity index (χ0n) is 4.31. The molecule has 2 N–H and O–H groups in total. The second-order valence-corrected chi connectivity index (χ2v) is 1.76. The Morgan fingerprint density at radius 1 is 1.67 bits per heavy atom. The van der Waals surface area contributed by atoms with Crippen molar-refractivity contribution in [3.63, 3.8) is 0 Å². The highest BCUT2D eigenvalue weighted by Gasteiger charge is 1.99. The summed E-state index contributed by atoms with van der Waals surface area (Å²) in [6.07, 6.45) is 1.18. The second-order valence-electron chi connectivity index (χ2n) is 1.37. The van der Waals surface area contributed by atoms with Crippen molar-refractivity contribution in [1.29, 1.82) is 0 Å². The van der Waals surface area contributed by atoms with Crippen molar-refractivity contribution >= 4 is 17.4 Å². The Kier molecular flexibility index (Phi) is 1.48. The van der Waals surface area contributed by atoms with E-state index in [1.54, 1.807) is 0 Å². The fraction of sp³-hybridized carbons (Fsp3) is 0. The second kappa shape index (κ2) is 2.14. The van der Waals surface area contributed by atoms with Crippen LogP contribution in [-0.2, 0) is 0 Å². The predicted octanol–water partition coefficient (Wildman–Crippen LogP) is 0.851. The van der Waals surface area contributed by atoms with Crippen molar-refractivity contribution in [3.05, 3.63) is 17.3 Å². The molecule has 0 aromatic carbocycles. The van der Waals surface area contributed by atoms with E-state index < -0.39 is 5.95 Å². The van der Waals surface area contributed by atoms with Gasteiger partial charge in [0.1, 0.15) is 0 Å². The molecule has 1 heterocycles.